The van der Waals surface area contributed by atoms with Gasteiger partial charge < -0.3 is 35.2 Å². The number of hydrogen-bond donors (Lipinski definition) is 5. The van der Waals surface area contributed by atoms with Gasteiger partial charge in [-0.15, -0.1) is 0 Å². The van der Waals surface area contributed by atoms with Crippen LogP contribution in [0.1, 0.15) is 146 Å². The van der Waals surface area contributed by atoms with Crippen LogP contribution in [0.5, 0.6) is 0 Å². The Kier molecular flexibility index (Phi) is 13.5. The van der Waals surface area contributed by atoms with E-state index in [1.807, 2.05) is 13.0 Å². The molecule has 4 aliphatic rings. The number of allylic oxidation sites excluding steroid dienone is 4. The third-order valence-electron chi connectivity index (χ3n) is 13.6. The predicted molar refractivity (Wildman–Crippen MR) is 229 cm³/mol. The van der Waals surface area contributed by atoms with Crippen LogP contribution in [0.3, 0.4) is 0 Å². The number of nitrogens with one attached hydrogen (secondary N) is 4. The minimum absolute atomic E-state index is 0.0181. The Morgan fingerprint density at radius 1 is 0.965 bits per heavy atom. The molecule has 2 aromatic heterocycles. The first kappa shape index (κ1) is 42.4. The van der Waals surface area contributed by atoms with Gasteiger partial charge in [-0.3, -0.25) is 9.59 Å². The van der Waals surface area contributed by atoms with Crippen LogP contribution in [0.25, 0.3) is 17.7 Å². The van der Waals surface area contributed by atoms with Crippen LogP contribution in [0.2, 0.25) is 0 Å². The number of H-pyrrole nitrogens is 2. The molecule has 9 heteroatoms. The average Bonchev–Trinajstić information content (AvgIpc) is 3.93. The number of ether oxygens (including phenoxy) is 2. The molecule has 3 aliphatic heterocycles. The maximum atomic E-state index is 13.6. The number of methoxy groups -OCH3 is 1. The molecule has 1 unspecified atom stereocenters. The average molecular weight is 781 g/mol. The van der Waals surface area contributed by atoms with Crippen molar-refractivity contribution in [3.05, 3.63) is 84.7 Å². The number of aliphatic hydroxyl groups is 1. The summed E-state index contributed by atoms with van der Waals surface area (Å²) in [5, 5.41) is 21.3. The van der Waals surface area contributed by atoms with Crippen molar-refractivity contribution in [2.45, 2.75) is 139 Å². The molecule has 310 valence electrons. The molecule has 0 aromatic carbocycles. The highest BCUT2D eigenvalue weighted by Crippen LogP contribution is 2.45. The molecule has 8 bridgehead atoms. The number of aliphatic hydroxyl groups excluding tert-OH is 1. The summed E-state index contributed by atoms with van der Waals surface area (Å²) in [6.45, 7) is 20.0. The summed E-state index contributed by atoms with van der Waals surface area (Å²) in [7, 11) is 1.38. The Labute approximate surface area is 340 Å². The van der Waals surface area contributed by atoms with E-state index in [2.05, 4.69) is 94.2 Å². The van der Waals surface area contributed by atoms with Crippen molar-refractivity contribution in [1.29, 1.82) is 0 Å². The molecule has 0 amide bonds. The highest BCUT2D eigenvalue weighted by atomic mass is 16.5. The van der Waals surface area contributed by atoms with Gasteiger partial charge in [0.1, 0.15) is 12.5 Å². The van der Waals surface area contributed by atoms with Crippen molar-refractivity contribution in [3.8, 4) is 0 Å². The molecule has 0 saturated carbocycles. The fourth-order valence-electron chi connectivity index (χ4n) is 10.0. The van der Waals surface area contributed by atoms with Crippen LogP contribution in [-0.2, 0) is 25.5 Å². The summed E-state index contributed by atoms with van der Waals surface area (Å²) in [4.78, 5) is 34.4. The molecule has 1 fully saturated rings. The number of unbranched alkanes of at least 4 members (excludes halogenated alkanes) is 1. The van der Waals surface area contributed by atoms with Crippen molar-refractivity contribution >= 4 is 29.7 Å². The highest BCUT2D eigenvalue weighted by Gasteiger charge is 2.49. The number of esters is 2. The summed E-state index contributed by atoms with van der Waals surface area (Å²) in [6, 6.07) is -0.343. The molecule has 6 rings (SSSR count). The number of aromatic amines is 2. The van der Waals surface area contributed by atoms with Gasteiger partial charge in [0, 0.05) is 63.0 Å². The number of fused-ring (bicyclic) bond motifs is 8. The molecule has 0 radical (unpaired) electrons. The SMILES string of the molecule is CCCC[C@H](C)CCC/C(C)=C\COC(=O)CC[C@@H]1C2N/C(=C\C3=C(C)[C@@H](CC)/C(=C/c4[nH]c(c(CC)c4C)/C=c4\[nH]c5c(c4C)[C@H](O)[C@H](C(=O)OC)C=52)N3)[C@H]1C. The third-order valence-corrected chi connectivity index (χ3v) is 13.6. The zero-order valence-corrected chi connectivity index (χ0v) is 36.2. The molecule has 5 N–H and O–H groups in total. The molecule has 5 heterocycles. The van der Waals surface area contributed by atoms with Gasteiger partial charge in [0.15, 0.2) is 0 Å². The number of carbonyl (C=O) groups excluding carboxylic acids is 2. The lowest BCUT2D eigenvalue weighted by Gasteiger charge is -2.27. The van der Waals surface area contributed by atoms with E-state index in [1.165, 1.54) is 60.8 Å². The number of rotatable bonds is 15. The molecule has 9 nitrogen and oxygen atoms in total. The molecule has 57 heavy (non-hydrogen) atoms. The fourth-order valence-corrected chi connectivity index (χ4v) is 10.0. The number of hydrogen-bond acceptors (Lipinski definition) is 7. The zero-order chi connectivity index (χ0) is 41.1. The normalized spacial score (nSPS) is 26.9. The Bertz CT molecular complexity index is 2090. The van der Waals surface area contributed by atoms with Gasteiger partial charge in [0.05, 0.1) is 19.3 Å². The smallest absolute Gasteiger partial charge is 0.315 e. The van der Waals surface area contributed by atoms with Crippen molar-refractivity contribution < 1.29 is 24.2 Å². The molecular weight excluding hydrogens is 713 g/mol. The Hall–Kier alpha value is -4.24. The van der Waals surface area contributed by atoms with Crippen LogP contribution in [0.4, 0.5) is 0 Å². The van der Waals surface area contributed by atoms with Crippen LogP contribution in [0, 0.1) is 43.4 Å². The van der Waals surface area contributed by atoms with Gasteiger partial charge in [0.25, 0.3) is 0 Å². The van der Waals surface area contributed by atoms with E-state index in [1.54, 1.807) is 0 Å². The summed E-state index contributed by atoms with van der Waals surface area (Å²) < 4.78 is 11.1. The minimum atomic E-state index is -1.08. The van der Waals surface area contributed by atoms with Crippen LogP contribution >= 0.6 is 0 Å². The van der Waals surface area contributed by atoms with Gasteiger partial charge in [-0.2, -0.15) is 0 Å². The van der Waals surface area contributed by atoms with Crippen LogP contribution in [0.15, 0.2) is 40.4 Å². The van der Waals surface area contributed by atoms with Crippen LogP contribution < -0.4 is 21.3 Å². The largest absolute Gasteiger partial charge is 0.468 e. The molecule has 1 saturated heterocycles. The van der Waals surface area contributed by atoms with Gasteiger partial charge in [0.2, 0.25) is 0 Å². The van der Waals surface area contributed by atoms with E-state index in [9.17, 15) is 14.7 Å². The van der Waals surface area contributed by atoms with Gasteiger partial charge in [-0.1, -0.05) is 65.9 Å². The lowest BCUT2D eigenvalue weighted by Crippen LogP contribution is -2.37. The highest BCUT2D eigenvalue weighted by molar-refractivity contribution is 5.88. The summed E-state index contributed by atoms with van der Waals surface area (Å²) >= 11 is 0. The number of aromatic nitrogens is 2. The van der Waals surface area contributed by atoms with Gasteiger partial charge in [-0.25, -0.2) is 0 Å². The molecule has 2 aromatic rings. The van der Waals surface area contributed by atoms with Crippen molar-refractivity contribution in [3.63, 3.8) is 0 Å². The summed E-state index contributed by atoms with van der Waals surface area (Å²) in [5.41, 5.74) is 12.8. The topological polar surface area (TPSA) is 128 Å². The fraction of sp³-hybridized carbons (Fsp3) is 0.583. The van der Waals surface area contributed by atoms with Crippen molar-refractivity contribution in [1.82, 2.24) is 20.6 Å². The second-order valence-electron chi connectivity index (χ2n) is 17.3. The molecule has 7 atom stereocenters. The predicted octanol–water partition coefficient (Wildman–Crippen LogP) is 7.97. The maximum absolute atomic E-state index is 13.6. The first-order chi connectivity index (χ1) is 27.3. The van der Waals surface area contributed by atoms with E-state index >= 15 is 0 Å². The van der Waals surface area contributed by atoms with E-state index in [0.717, 1.165) is 81.8 Å². The molecule has 0 spiro atoms. The second-order valence-corrected chi connectivity index (χ2v) is 17.3. The van der Waals surface area contributed by atoms with E-state index in [-0.39, 0.29) is 42.8 Å². The van der Waals surface area contributed by atoms with Gasteiger partial charge >= 0.3 is 11.9 Å². The van der Waals surface area contributed by atoms with E-state index in [0.29, 0.717) is 6.42 Å². The van der Waals surface area contributed by atoms with E-state index < -0.39 is 18.0 Å². The lowest BCUT2D eigenvalue weighted by molar-refractivity contribution is -0.147. The van der Waals surface area contributed by atoms with Crippen molar-refractivity contribution in [2.24, 2.45) is 29.6 Å². The lowest BCUT2D eigenvalue weighted by atomic mass is 9.80. The first-order valence-electron chi connectivity index (χ1n) is 21.7. The zero-order valence-electron chi connectivity index (χ0n) is 36.2. The second kappa shape index (κ2) is 18.1. The van der Waals surface area contributed by atoms with Crippen molar-refractivity contribution in [2.75, 3.05) is 13.7 Å². The van der Waals surface area contributed by atoms with Crippen LogP contribution in [-0.4, -0.2) is 46.8 Å². The Morgan fingerprint density at radius 3 is 2.42 bits per heavy atom. The minimum Gasteiger partial charge on any atom is -0.468 e. The molecule has 1 aliphatic carbocycles. The standard InChI is InChI=1S/C48H68N4O5/c1-11-14-16-26(4)17-15-18-27(5)21-22-57-41(53)20-19-34-30(8)37-23-35-28(6)32(12-2)39(49-35)24-36-29(7)33(13-3)40(50-36)25-38-31(9)42-46(52-38)43(45(34)51-37)44(47(42)54)48(55)56-10/h21,23-26,30,32,34,44-45,47,49-52,54H,11-20,22H2,1-10H3/b27-21-,37-23-,38-25-,39-24-/t26-,30-,32+,34-,44+,45?,47-/m0/s1. The number of carbonyl (C=O) groups is 2. The van der Waals surface area contributed by atoms with Gasteiger partial charge in [-0.05, 0) is 124 Å². The van der Waals surface area contributed by atoms with E-state index in [4.69, 9.17) is 9.47 Å². The molecular formula is C48H68N4O5. The Morgan fingerprint density at radius 2 is 1.72 bits per heavy atom. The third kappa shape index (κ3) is 8.50. The monoisotopic (exact) mass is 781 g/mol. The first-order valence-corrected chi connectivity index (χ1v) is 21.7. The Balaban J connectivity index is 1.36. The maximum Gasteiger partial charge on any atom is 0.315 e. The quantitative estimate of drug-likeness (QED) is 0.0917. The summed E-state index contributed by atoms with van der Waals surface area (Å²) in [6.07, 6.45) is 17.5. The summed E-state index contributed by atoms with van der Waals surface area (Å²) in [5.74, 6) is -0.647.